The molecule has 0 aliphatic carbocycles. The van der Waals surface area contributed by atoms with E-state index in [2.05, 4.69) is 37.8 Å². The molecule has 1 aromatic rings. The van der Waals surface area contributed by atoms with Crippen molar-refractivity contribution >= 4 is 0 Å². The van der Waals surface area contributed by atoms with Crippen molar-refractivity contribution < 1.29 is 9.26 Å². The molecule has 2 atom stereocenters. The Kier molecular flexibility index (Phi) is 4.50. The molecule has 0 aliphatic rings. The van der Waals surface area contributed by atoms with Crippen LogP contribution >= 0.6 is 0 Å². The normalized spacial score (nSPS) is 17.5. The molecule has 2 unspecified atom stereocenters. The Morgan fingerprint density at radius 3 is 2.33 bits per heavy atom. The first-order valence-electron chi connectivity index (χ1n) is 6.35. The average molecular weight is 255 g/mol. The fraction of sp³-hybridized carbons (Fsp3) is 0.846. The summed E-state index contributed by atoms with van der Waals surface area (Å²) >= 11 is 0. The number of nitrogens with zero attached hydrogens (tertiary/aromatic N) is 2. The Labute approximate surface area is 109 Å². The zero-order chi connectivity index (χ0) is 14.0. The molecule has 5 heteroatoms. The van der Waals surface area contributed by atoms with E-state index in [1.54, 1.807) is 7.11 Å². The summed E-state index contributed by atoms with van der Waals surface area (Å²) in [6.07, 6.45) is 0.673. The summed E-state index contributed by atoms with van der Waals surface area (Å²) in [6.45, 7) is 10.8. The van der Waals surface area contributed by atoms with E-state index >= 15 is 0 Å². The van der Waals surface area contributed by atoms with E-state index in [1.807, 2.05) is 6.92 Å². The molecule has 2 N–H and O–H groups in total. The van der Waals surface area contributed by atoms with Crippen molar-refractivity contribution in [3.05, 3.63) is 11.7 Å². The first-order valence-corrected chi connectivity index (χ1v) is 6.35. The summed E-state index contributed by atoms with van der Waals surface area (Å²) < 4.78 is 10.8. The maximum absolute atomic E-state index is 5.79. The molecule has 0 saturated heterocycles. The van der Waals surface area contributed by atoms with E-state index in [9.17, 15) is 0 Å². The summed E-state index contributed by atoms with van der Waals surface area (Å²) in [4.78, 5) is 4.48. The van der Waals surface area contributed by atoms with Crippen LogP contribution < -0.4 is 5.73 Å². The van der Waals surface area contributed by atoms with Crippen LogP contribution in [0.25, 0.3) is 0 Å². The van der Waals surface area contributed by atoms with Gasteiger partial charge in [0, 0.05) is 13.7 Å². The standard InChI is InChI=1S/C13H25N3O2/c1-7-13(5,8-14)11-15-10(16-18-11)9(17-6)12(2,3)4/h9H,7-8,14H2,1-6H3. The molecular formula is C13H25N3O2. The van der Waals surface area contributed by atoms with Gasteiger partial charge >= 0.3 is 0 Å². The molecule has 1 heterocycles. The highest BCUT2D eigenvalue weighted by Crippen LogP contribution is 2.35. The number of methoxy groups -OCH3 is 1. The number of hydrogen-bond donors (Lipinski definition) is 1. The van der Waals surface area contributed by atoms with Gasteiger partial charge in [-0.3, -0.25) is 0 Å². The van der Waals surface area contributed by atoms with Gasteiger partial charge in [-0.2, -0.15) is 4.98 Å². The second-order valence-corrected chi connectivity index (χ2v) is 6.06. The lowest BCUT2D eigenvalue weighted by Gasteiger charge is -2.26. The van der Waals surface area contributed by atoms with Gasteiger partial charge in [0.05, 0.1) is 5.41 Å². The summed E-state index contributed by atoms with van der Waals surface area (Å²) in [6, 6.07) is 0. The molecule has 0 fully saturated rings. The molecule has 104 valence electrons. The van der Waals surface area contributed by atoms with Crippen LogP contribution in [0.15, 0.2) is 4.52 Å². The number of hydrogen-bond acceptors (Lipinski definition) is 5. The first-order chi connectivity index (χ1) is 8.28. The SMILES string of the molecule is CCC(C)(CN)c1nc(C(OC)C(C)(C)C)no1. The highest BCUT2D eigenvalue weighted by molar-refractivity contribution is 5.06. The predicted octanol–water partition coefficient (Wildman–Crippen LogP) is 2.43. The van der Waals surface area contributed by atoms with Crippen LogP contribution in [0.5, 0.6) is 0 Å². The third-order valence-corrected chi connectivity index (χ3v) is 3.45. The lowest BCUT2D eigenvalue weighted by Crippen LogP contribution is -2.31. The molecule has 0 bridgehead atoms. The largest absolute Gasteiger partial charge is 0.373 e. The minimum absolute atomic E-state index is 0.0821. The monoisotopic (exact) mass is 255 g/mol. The summed E-state index contributed by atoms with van der Waals surface area (Å²) in [5, 5.41) is 4.05. The van der Waals surface area contributed by atoms with E-state index in [1.165, 1.54) is 0 Å². The maximum atomic E-state index is 5.79. The fourth-order valence-electron chi connectivity index (χ4n) is 1.82. The van der Waals surface area contributed by atoms with Gasteiger partial charge in [-0.05, 0) is 18.8 Å². The van der Waals surface area contributed by atoms with Gasteiger partial charge in [-0.1, -0.05) is 32.9 Å². The number of nitrogens with two attached hydrogens (primary N) is 1. The van der Waals surface area contributed by atoms with Gasteiger partial charge in [0.1, 0.15) is 6.10 Å². The zero-order valence-electron chi connectivity index (χ0n) is 12.3. The van der Waals surface area contributed by atoms with Crippen molar-refractivity contribution in [3.8, 4) is 0 Å². The minimum atomic E-state index is -0.262. The van der Waals surface area contributed by atoms with E-state index in [0.29, 0.717) is 18.3 Å². The minimum Gasteiger partial charge on any atom is -0.373 e. The van der Waals surface area contributed by atoms with Gasteiger partial charge in [-0.15, -0.1) is 0 Å². The summed E-state index contributed by atoms with van der Waals surface area (Å²) in [7, 11) is 1.66. The molecular weight excluding hydrogens is 230 g/mol. The highest BCUT2D eigenvalue weighted by atomic mass is 16.5. The van der Waals surface area contributed by atoms with Crippen LogP contribution in [0.1, 0.15) is 58.9 Å². The first kappa shape index (κ1) is 15.1. The molecule has 18 heavy (non-hydrogen) atoms. The fourth-order valence-corrected chi connectivity index (χ4v) is 1.82. The van der Waals surface area contributed by atoms with Gasteiger partial charge in [0.25, 0.3) is 0 Å². The van der Waals surface area contributed by atoms with Gasteiger partial charge in [0.2, 0.25) is 11.7 Å². The molecule has 0 radical (unpaired) electrons. The van der Waals surface area contributed by atoms with Crippen molar-refractivity contribution in [3.63, 3.8) is 0 Å². The van der Waals surface area contributed by atoms with Crippen LogP contribution in [0.2, 0.25) is 0 Å². The lowest BCUT2D eigenvalue weighted by atomic mass is 9.87. The van der Waals surface area contributed by atoms with Crippen LogP contribution in [-0.2, 0) is 10.2 Å². The molecule has 1 aromatic heterocycles. The third kappa shape index (κ3) is 2.90. The Morgan fingerprint density at radius 1 is 1.33 bits per heavy atom. The second kappa shape index (κ2) is 5.36. The van der Waals surface area contributed by atoms with Crippen LogP contribution in [0, 0.1) is 5.41 Å². The van der Waals surface area contributed by atoms with E-state index in [4.69, 9.17) is 15.0 Å². The number of ether oxygens (including phenoxy) is 1. The Balaban J connectivity index is 3.06. The molecule has 5 nitrogen and oxygen atoms in total. The topological polar surface area (TPSA) is 74.2 Å². The Morgan fingerprint density at radius 2 is 1.94 bits per heavy atom. The number of rotatable bonds is 5. The lowest BCUT2D eigenvalue weighted by molar-refractivity contribution is 0.00718. The Bertz CT molecular complexity index is 378. The smallest absolute Gasteiger partial charge is 0.233 e. The predicted molar refractivity (Wildman–Crippen MR) is 70.2 cm³/mol. The van der Waals surface area contributed by atoms with Crippen molar-refractivity contribution in [2.24, 2.45) is 11.1 Å². The molecule has 0 aromatic carbocycles. The van der Waals surface area contributed by atoms with Gasteiger partial charge in [-0.25, -0.2) is 0 Å². The van der Waals surface area contributed by atoms with E-state index in [0.717, 1.165) is 6.42 Å². The molecule has 0 amide bonds. The highest BCUT2D eigenvalue weighted by Gasteiger charge is 2.34. The van der Waals surface area contributed by atoms with Crippen LogP contribution in [0.4, 0.5) is 0 Å². The zero-order valence-corrected chi connectivity index (χ0v) is 12.3. The molecule has 0 spiro atoms. The average Bonchev–Trinajstić information content (AvgIpc) is 2.77. The van der Waals surface area contributed by atoms with Crippen molar-refractivity contribution in [2.45, 2.75) is 52.6 Å². The molecule has 1 rings (SSSR count). The van der Waals surface area contributed by atoms with Gasteiger partial charge < -0.3 is 15.0 Å². The molecule has 0 saturated carbocycles. The summed E-state index contributed by atoms with van der Waals surface area (Å²) in [5.74, 6) is 1.18. The van der Waals surface area contributed by atoms with E-state index < -0.39 is 0 Å². The van der Waals surface area contributed by atoms with Gasteiger partial charge in [0.15, 0.2) is 0 Å². The maximum Gasteiger partial charge on any atom is 0.233 e. The summed E-state index contributed by atoms with van der Waals surface area (Å²) in [5.41, 5.74) is 5.45. The molecule has 0 aliphatic heterocycles. The van der Waals surface area contributed by atoms with E-state index in [-0.39, 0.29) is 16.9 Å². The Hall–Kier alpha value is -0.940. The van der Waals surface area contributed by atoms with Crippen molar-refractivity contribution in [1.82, 2.24) is 10.1 Å². The number of aromatic nitrogens is 2. The quantitative estimate of drug-likeness (QED) is 0.874. The van der Waals surface area contributed by atoms with Crippen molar-refractivity contribution in [2.75, 3.05) is 13.7 Å². The second-order valence-electron chi connectivity index (χ2n) is 6.06. The third-order valence-electron chi connectivity index (χ3n) is 3.45. The van der Waals surface area contributed by atoms with Crippen LogP contribution in [0.3, 0.4) is 0 Å². The van der Waals surface area contributed by atoms with Crippen molar-refractivity contribution in [1.29, 1.82) is 0 Å². The van der Waals surface area contributed by atoms with Crippen LogP contribution in [-0.4, -0.2) is 23.8 Å².